The van der Waals surface area contributed by atoms with Crippen molar-refractivity contribution in [1.82, 2.24) is 24.3 Å². The van der Waals surface area contributed by atoms with E-state index in [1.165, 1.54) is 12.1 Å². The number of imidazole rings is 1. The van der Waals surface area contributed by atoms with Crippen molar-refractivity contribution in [2.45, 2.75) is 6.42 Å². The molecule has 3 N–H and O–H groups in total. The molecule has 0 saturated carbocycles. The van der Waals surface area contributed by atoms with E-state index in [2.05, 4.69) is 34.3 Å². The molecule has 8 heteroatoms. The van der Waals surface area contributed by atoms with E-state index in [4.69, 9.17) is 10.7 Å². The lowest BCUT2D eigenvalue weighted by molar-refractivity contribution is 0.405. The number of nitrogens with two attached hydrogens (primary N) is 1. The maximum absolute atomic E-state index is 13.5. The third-order valence-electron chi connectivity index (χ3n) is 4.76. The maximum Gasteiger partial charge on any atom is 0.220 e. The topological polar surface area (TPSA) is 84.4 Å². The number of nitrogens with one attached hydrogen (secondary N) is 1. The minimum atomic E-state index is -0.292. The summed E-state index contributed by atoms with van der Waals surface area (Å²) in [6.45, 7) is 1.87. The molecule has 0 aliphatic rings. The zero-order valence-corrected chi connectivity index (χ0v) is 17.0. The molecule has 0 unspecified atom stereocenters. The molecule has 3 heterocycles. The quantitative estimate of drug-likeness (QED) is 0.458. The smallest absolute Gasteiger partial charge is 0.220 e. The second-order valence-corrected chi connectivity index (χ2v) is 7.35. The largest absolute Gasteiger partial charge is 0.384 e. The third-order valence-corrected chi connectivity index (χ3v) is 4.76. The van der Waals surface area contributed by atoms with Crippen LogP contribution in [-0.2, 0) is 0 Å². The number of hydrogen-bond donors (Lipinski definition) is 2. The Morgan fingerprint density at radius 2 is 1.87 bits per heavy atom. The fourth-order valence-electron chi connectivity index (χ4n) is 3.34. The fraction of sp³-hybridized carbons (Fsp3) is 0.227. The van der Waals surface area contributed by atoms with Gasteiger partial charge in [0.1, 0.15) is 11.5 Å². The van der Waals surface area contributed by atoms with Crippen LogP contribution in [0.4, 0.5) is 16.0 Å². The van der Waals surface area contributed by atoms with Gasteiger partial charge in [-0.1, -0.05) is 0 Å². The molecule has 0 amide bonds. The van der Waals surface area contributed by atoms with Gasteiger partial charge in [0.05, 0.1) is 22.8 Å². The van der Waals surface area contributed by atoms with E-state index in [0.29, 0.717) is 11.4 Å². The molecule has 0 radical (unpaired) electrons. The molecule has 0 bridgehead atoms. The molecule has 0 aliphatic carbocycles. The highest BCUT2D eigenvalue weighted by Gasteiger charge is 2.18. The average Bonchev–Trinajstić information content (AvgIpc) is 3.10. The Hall–Kier alpha value is -3.52. The van der Waals surface area contributed by atoms with Gasteiger partial charge in [0.15, 0.2) is 0 Å². The molecule has 4 aromatic rings. The molecule has 0 spiro atoms. The molecule has 1 aromatic carbocycles. The highest BCUT2D eigenvalue weighted by Crippen LogP contribution is 2.32. The van der Waals surface area contributed by atoms with Gasteiger partial charge in [0.2, 0.25) is 5.95 Å². The monoisotopic (exact) mass is 405 g/mol. The van der Waals surface area contributed by atoms with E-state index in [-0.39, 0.29) is 11.8 Å². The van der Waals surface area contributed by atoms with E-state index >= 15 is 0 Å². The number of pyridine rings is 1. The SMILES string of the molecule is CN(C)CCCNc1ccc2nc(-c3ccc(F)cc3)c(-c3ccnc(N)n3)n2c1. The van der Waals surface area contributed by atoms with Crippen molar-refractivity contribution in [3.63, 3.8) is 0 Å². The Bertz CT molecular complexity index is 1150. The van der Waals surface area contributed by atoms with Crippen LogP contribution in [0.3, 0.4) is 0 Å². The Kier molecular flexibility index (Phi) is 5.58. The number of nitrogens with zero attached hydrogens (tertiary/aromatic N) is 5. The number of hydrogen-bond acceptors (Lipinski definition) is 6. The minimum absolute atomic E-state index is 0.186. The lowest BCUT2D eigenvalue weighted by Crippen LogP contribution is -2.16. The normalized spacial score (nSPS) is 11.3. The van der Waals surface area contributed by atoms with Crippen LogP contribution in [0.1, 0.15) is 6.42 Å². The highest BCUT2D eigenvalue weighted by molar-refractivity contribution is 5.81. The molecule has 0 aliphatic heterocycles. The molecule has 0 fully saturated rings. The van der Waals surface area contributed by atoms with E-state index in [1.54, 1.807) is 24.4 Å². The van der Waals surface area contributed by atoms with Crippen LogP contribution in [0, 0.1) is 5.82 Å². The number of halogens is 1. The lowest BCUT2D eigenvalue weighted by Gasteiger charge is -2.11. The number of anilines is 2. The second-order valence-electron chi connectivity index (χ2n) is 7.35. The van der Waals surface area contributed by atoms with Crippen LogP contribution in [0.25, 0.3) is 28.3 Å². The Morgan fingerprint density at radius 3 is 2.60 bits per heavy atom. The first kappa shape index (κ1) is 19.8. The summed E-state index contributed by atoms with van der Waals surface area (Å²) in [6.07, 6.45) is 4.65. The number of fused-ring (bicyclic) bond motifs is 1. The van der Waals surface area contributed by atoms with Gasteiger partial charge in [-0.15, -0.1) is 0 Å². The lowest BCUT2D eigenvalue weighted by atomic mass is 10.1. The Balaban J connectivity index is 1.78. The van der Waals surface area contributed by atoms with Crippen molar-refractivity contribution in [3.05, 3.63) is 60.7 Å². The number of benzene rings is 1. The van der Waals surface area contributed by atoms with Crippen LogP contribution in [0.2, 0.25) is 0 Å². The molecule has 7 nitrogen and oxygen atoms in total. The van der Waals surface area contributed by atoms with Crippen LogP contribution in [-0.4, -0.2) is 51.4 Å². The standard InChI is InChI=1S/C22H24FN7/c1-29(2)13-3-11-25-17-8-9-19-28-20(15-4-6-16(23)7-5-15)21(30(19)14-17)18-10-12-26-22(24)27-18/h4-10,12,14,25H,3,11,13H2,1-2H3,(H2,24,26,27). The first-order valence-electron chi connectivity index (χ1n) is 9.77. The molecule has 3 aromatic heterocycles. The average molecular weight is 405 g/mol. The van der Waals surface area contributed by atoms with Crippen LogP contribution in [0.5, 0.6) is 0 Å². The zero-order valence-electron chi connectivity index (χ0n) is 17.0. The van der Waals surface area contributed by atoms with Crippen LogP contribution >= 0.6 is 0 Å². The Morgan fingerprint density at radius 1 is 1.07 bits per heavy atom. The van der Waals surface area contributed by atoms with Gasteiger partial charge in [-0.05, 0) is 69.5 Å². The van der Waals surface area contributed by atoms with Gasteiger partial charge in [-0.25, -0.2) is 19.3 Å². The van der Waals surface area contributed by atoms with Crippen LogP contribution in [0.15, 0.2) is 54.9 Å². The van der Waals surface area contributed by atoms with E-state index in [1.807, 2.05) is 22.7 Å². The summed E-state index contributed by atoms with van der Waals surface area (Å²) < 4.78 is 15.4. The Labute approximate surface area is 174 Å². The summed E-state index contributed by atoms with van der Waals surface area (Å²) in [7, 11) is 4.13. The molecular weight excluding hydrogens is 381 g/mol. The molecule has 0 saturated heterocycles. The predicted molar refractivity (Wildman–Crippen MR) is 118 cm³/mol. The summed E-state index contributed by atoms with van der Waals surface area (Å²) in [5, 5.41) is 3.46. The van der Waals surface area contributed by atoms with Crippen molar-refractivity contribution in [2.75, 3.05) is 38.2 Å². The molecule has 4 rings (SSSR count). The van der Waals surface area contributed by atoms with Crippen molar-refractivity contribution in [1.29, 1.82) is 0 Å². The van der Waals surface area contributed by atoms with Gasteiger partial charge in [-0.3, -0.25) is 4.40 Å². The summed E-state index contributed by atoms with van der Waals surface area (Å²) in [4.78, 5) is 15.3. The molecular formula is C22H24FN7. The van der Waals surface area contributed by atoms with E-state index in [9.17, 15) is 4.39 Å². The molecule has 154 valence electrons. The van der Waals surface area contributed by atoms with Crippen molar-refractivity contribution < 1.29 is 4.39 Å². The number of rotatable bonds is 7. The van der Waals surface area contributed by atoms with Gasteiger partial charge in [0.25, 0.3) is 0 Å². The van der Waals surface area contributed by atoms with Crippen molar-refractivity contribution in [2.24, 2.45) is 0 Å². The first-order valence-corrected chi connectivity index (χ1v) is 9.77. The highest BCUT2D eigenvalue weighted by atomic mass is 19.1. The van der Waals surface area contributed by atoms with Crippen molar-refractivity contribution in [3.8, 4) is 22.6 Å². The summed E-state index contributed by atoms with van der Waals surface area (Å²) >= 11 is 0. The zero-order chi connectivity index (χ0) is 21.1. The number of aromatic nitrogens is 4. The van der Waals surface area contributed by atoms with E-state index < -0.39 is 0 Å². The third kappa shape index (κ3) is 4.23. The minimum Gasteiger partial charge on any atom is -0.384 e. The summed E-state index contributed by atoms with van der Waals surface area (Å²) in [6, 6.07) is 12.0. The van der Waals surface area contributed by atoms with Gasteiger partial charge in [0, 0.05) is 24.5 Å². The van der Waals surface area contributed by atoms with Crippen molar-refractivity contribution >= 4 is 17.3 Å². The first-order chi connectivity index (χ1) is 14.5. The molecule has 0 atom stereocenters. The van der Waals surface area contributed by atoms with Gasteiger partial charge < -0.3 is 16.0 Å². The van der Waals surface area contributed by atoms with Gasteiger partial charge >= 0.3 is 0 Å². The maximum atomic E-state index is 13.5. The van der Waals surface area contributed by atoms with Crippen LogP contribution < -0.4 is 11.1 Å². The predicted octanol–water partition coefficient (Wildman–Crippen LogP) is 3.54. The number of nitrogen functional groups attached to an aromatic ring is 1. The van der Waals surface area contributed by atoms with Gasteiger partial charge in [-0.2, -0.15) is 0 Å². The second kappa shape index (κ2) is 8.46. The summed E-state index contributed by atoms with van der Waals surface area (Å²) in [5.41, 5.74) is 10.5. The van der Waals surface area contributed by atoms with E-state index in [0.717, 1.165) is 42.1 Å². The molecule has 30 heavy (non-hydrogen) atoms. The fourth-order valence-corrected chi connectivity index (χ4v) is 3.34. The summed E-state index contributed by atoms with van der Waals surface area (Å²) in [5.74, 6) is -0.106.